The maximum atomic E-state index is 11.9. The number of hydrogen-bond donors (Lipinski definition) is 1. The van der Waals surface area contributed by atoms with Crippen LogP contribution in [0.3, 0.4) is 0 Å². The highest BCUT2D eigenvalue weighted by molar-refractivity contribution is 5.77. The first-order valence-corrected chi connectivity index (χ1v) is 6.39. The largest absolute Gasteiger partial charge is 0.382 e. The van der Waals surface area contributed by atoms with Gasteiger partial charge in [-0.05, 0) is 25.3 Å². The van der Waals surface area contributed by atoms with E-state index in [0.29, 0.717) is 25.2 Å². The molecule has 2 atom stereocenters. The third-order valence-corrected chi connectivity index (χ3v) is 3.67. The van der Waals surface area contributed by atoms with Crippen molar-refractivity contribution in [3.05, 3.63) is 0 Å². The minimum atomic E-state index is 0.117. The number of carbonyl (C=O) groups is 1. The van der Waals surface area contributed by atoms with Gasteiger partial charge in [0.15, 0.2) is 0 Å². The van der Waals surface area contributed by atoms with Crippen LogP contribution >= 0.6 is 0 Å². The predicted molar refractivity (Wildman–Crippen MR) is 63.8 cm³/mol. The Labute approximate surface area is 102 Å². The van der Waals surface area contributed by atoms with Crippen molar-refractivity contribution in [2.24, 2.45) is 5.92 Å². The van der Waals surface area contributed by atoms with Crippen LogP contribution in [0, 0.1) is 5.92 Å². The fraction of sp³-hybridized carbons (Fsp3) is 0.917. The van der Waals surface area contributed by atoms with Crippen molar-refractivity contribution in [2.75, 3.05) is 46.6 Å². The summed E-state index contributed by atoms with van der Waals surface area (Å²) in [5.41, 5.74) is 0. The maximum Gasteiger partial charge on any atom is 0.248 e. The molecule has 0 aromatic heterocycles. The Balaban J connectivity index is 1.69. The fourth-order valence-electron chi connectivity index (χ4n) is 2.67. The van der Waals surface area contributed by atoms with Gasteiger partial charge in [0.2, 0.25) is 5.91 Å². The topological polar surface area (TPSA) is 50.8 Å². The molecular weight excluding hydrogens is 220 g/mol. The van der Waals surface area contributed by atoms with Crippen molar-refractivity contribution in [3.8, 4) is 0 Å². The van der Waals surface area contributed by atoms with E-state index in [-0.39, 0.29) is 12.5 Å². The lowest BCUT2D eigenvalue weighted by molar-refractivity contribution is -0.138. The number of nitrogens with one attached hydrogen (secondary N) is 1. The van der Waals surface area contributed by atoms with Crippen molar-refractivity contribution < 1.29 is 14.3 Å². The highest BCUT2D eigenvalue weighted by atomic mass is 16.5. The van der Waals surface area contributed by atoms with E-state index in [0.717, 1.165) is 26.1 Å². The maximum absolute atomic E-state index is 11.9. The fourth-order valence-corrected chi connectivity index (χ4v) is 2.67. The Morgan fingerprint density at radius 3 is 3.12 bits per heavy atom. The van der Waals surface area contributed by atoms with E-state index in [1.807, 2.05) is 4.90 Å². The van der Waals surface area contributed by atoms with Gasteiger partial charge in [-0.2, -0.15) is 0 Å². The van der Waals surface area contributed by atoms with Crippen molar-refractivity contribution >= 4 is 5.91 Å². The minimum Gasteiger partial charge on any atom is -0.382 e. The van der Waals surface area contributed by atoms with Crippen LogP contribution in [0.4, 0.5) is 0 Å². The lowest BCUT2D eigenvalue weighted by Gasteiger charge is -2.34. The van der Waals surface area contributed by atoms with E-state index in [1.54, 1.807) is 7.11 Å². The van der Waals surface area contributed by atoms with Gasteiger partial charge in [-0.25, -0.2) is 0 Å². The third kappa shape index (κ3) is 3.40. The average molecular weight is 242 g/mol. The number of piperidine rings is 1. The first-order valence-electron chi connectivity index (χ1n) is 6.39. The normalized spacial score (nSPS) is 28.2. The van der Waals surface area contributed by atoms with Gasteiger partial charge in [-0.1, -0.05) is 0 Å². The van der Waals surface area contributed by atoms with E-state index in [1.165, 1.54) is 6.42 Å². The van der Waals surface area contributed by atoms with Crippen molar-refractivity contribution in [1.82, 2.24) is 10.2 Å². The van der Waals surface area contributed by atoms with Crippen LogP contribution in [0.1, 0.15) is 12.8 Å². The lowest BCUT2D eigenvalue weighted by Crippen LogP contribution is -2.48. The van der Waals surface area contributed by atoms with Gasteiger partial charge >= 0.3 is 0 Å². The Kier molecular flexibility index (Phi) is 4.76. The SMILES string of the molecule is COCCOCC(=O)N1CCC2NCCC2C1. The van der Waals surface area contributed by atoms with E-state index in [2.05, 4.69) is 5.32 Å². The molecule has 2 saturated heterocycles. The summed E-state index contributed by atoms with van der Waals surface area (Å²) in [6.07, 6.45) is 2.27. The molecule has 2 aliphatic rings. The van der Waals surface area contributed by atoms with E-state index in [9.17, 15) is 4.79 Å². The highest BCUT2D eigenvalue weighted by Crippen LogP contribution is 2.24. The number of carbonyl (C=O) groups excluding carboxylic acids is 1. The molecule has 0 bridgehead atoms. The van der Waals surface area contributed by atoms with Crippen LogP contribution in [0.2, 0.25) is 0 Å². The number of nitrogens with zero attached hydrogens (tertiary/aromatic N) is 1. The zero-order valence-electron chi connectivity index (χ0n) is 10.5. The number of likely N-dealkylation sites (tertiary alicyclic amines) is 1. The molecule has 2 unspecified atom stereocenters. The van der Waals surface area contributed by atoms with E-state index in [4.69, 9.17) is 9.47 Å². The van der Waals surface area contributed by atoms with Crippen LogP contribution in [0.15, 0.2) is 0 Å². The molecular formula is C12H22N2O3. The molecule has 0 aromatic rings. The van der Waals surface area contributed by atoms with Crippen molar-refractivity contribution in [2.45, 2.75) is 18.9 Å². The molecule has 0 radical (unpaired) electrons. The van der Waals surface area contributed by atoms with Crippen LogP contribution in [-0.2, 0) is 14.3 Å². The van der Waals surface area contributed by atoms with Crippen molar-refractivity contribution in [3.63, 3.8) is 0 Å². The van der Waals surface area contributed by atoms with Crippen LogP contribution < -0.4 is 5.32 Å². The summed E-state index contributed by atoms with van der Waals surface area (Å²) in [5.74, 6) is 0.762. The summed E-state index contributed by atoms with van der Waals surface area (Å²) >= 11 is 0. The molecule has 1 N–H and O–H groups in total. The third-order valence-electron chi connectivity index (χ3n) is 3.67. The Bertz CT molecular complexity index is 260. The zero-order valence-corrected chi connectivity index (χ0v) is 10.5. The number of rotatable bonds is 5. The van der Waals surface area contributed by atoms with E-state index >= 15 is 0 Å². The standard InChI is InChI=1S/C12H22N2O3/c1-16-6-7-17-9-12(15)14-5-3-11-10(8-14)2-4-13-11/h10-11,13H,2-9H2,1H3. The molecule has 0 aliphatic carbocycles. The molecule has 0 spiro atoms. The molecule has 5 nitrogen and oxygen atoms in total. The monoisotopic (exact) mass is 242 g/mol. The molecule has 1 amide bonds. The molecule has 2 aliphatic heterocycles. The summed E-state index contributed by atoms with van der Waals surface area (Å²) in [7, 11) is 1.63. The summed E-state index contributed by atoms with van der Waals surface area (Å²) in [6, 6.07) is 0.633. The van der Waals surface area contributed by atoms with Gasteiger partial charge in [0, 0.05) is 26.2 Å². The summed E-state index contributed by atoms with van der Waals surface area (Å²) in [6.45, 7) is 4.08. The number of fused-ring (bicyclic) bond motifs is 1. The average Bonchev–Trinajstić information content (AvgIpc) is 2.81. The van der Waals surface area contributed by atoms with Crippen LogP contribution in [0.25, 0.3) is 0 Å². The number of methoxy groups -OCH3 is 1. The first kappa shape index (κ1) is 12.8. The molecule has 17 heavy (non-hydrogen) atoms. The molecule has 98 valence electrons. The van der Waals surface area contributed by atoms with Crippen LogP contribution in [-0.4, -0.2) is 63.4 Å². The Morgan fingerprint density at radius 2 is 2.29 bits per heavy atom. The first-order chi connectivity index (χ1) is 8.31. The molecule has 5 heteroatoms. The zero-order chi connectivity index (χ0) is 12.1. The van der Waals surface area contributed by atoms with Gasteiger partial charge in [0.05, 0.1) is 13.2 Å². The summed E-state index contributed by atoms with van der Waals surface area (Å²) < 4.78 is 10.1. The van der Waals surface area contributed by atoms with E-state index < -0.39 is 0 Å². The molecule has 0 aromatic carbocycles. The van der Waals surface area contributed by atoms with Gasteiger partial charge in [0.25, 0.3) is 0 Å². The lowest BCUT2D eigenvalue weighted by atomic mass is 9.93. The summed E-state index contributed by atoms with van der Waals surface area (Å²) in [5, 5.41) is 3.49. The second kappa shape index (κ2) is 6.33. The summed E-state index contributed by atoms with van der Waals surface area (Å²) in [4.78, 5) is 13.8. The molecule has 2 rings (SSSR count). The predicted octanol–water partition coefficient (Wildman–Crippen LogP) is -0.140. The number of amides is 1. The van der Waals surface area contributed by atoms with Gasteiger partial charge in [-0.3, -0.25) is 4.79 Å². The van der Waals surface area contributed by atoms with Crippen molar-refractivity contribution in [1.29, 1.82) is 0 Å². The number of hydrogen-bond acceptors (Lipinski definition) is 4. The van der Waals surface area contributed by atoms with Gasteiger partial charge in [-0.15, -0.1) is 0 Å². The van der Waals surface area contributed by atoms with Gasteiger partial charge in [0.1, 0.15) is 6.61 Å². The molecule has 2 fully saturated rings. The smallest absolute Gasteiger partial charge is 0.248 e. The van der Waals surface area contributed by atoms with Crippen LogP contribution in [0.5, 0.6) is 0 Å². The van der Waals surface area contributed by atoms with Gasteiger partial charge < -0.3 is 19.7 Å². The highest BCUT2D eigenvalue weighted by Gasteiger charge is 2.34. The Hall–Kier alpha value is -0.650. The number of ether oxygens (including phenoxy) is 2. The molecule has 2 heterocycles. The molecule has 0 saturated carbocycles. The second-order valence-corrected chi connectivity index (χ2v) is 4.78. The Morgan fingerprint density at radius 1 is 1.41 bits per heavy atom. The minimum absolute atomic E-state index is 0.117. The quantitative estimate of drug-likeness (QED) is 0.682. The second-order valence-electron chi connectivity index (χ2n) is 4.78.